The Morgan fingerprint density at radius 2 is 1.58 bits per heavy atom. The molecule has 0 bridgehead atoms. The molecule has 0 N–H and O–H groups in total. The molecule has 7 nitrogen and oxygen atoms in total. The van der Waals surface area contributed by atoms with Gasteiger partial charge in [0.05, 0.1) is 24.2 Å². The normalized spacial score (nSPS) is 11.1. The minimum Gasteiger partial charge on any atom is -0.493 e. The van der Waals surface area contributed by atoms with Crippen LogP contribution in [0.5, 0.6) is 5.75 Å². The number of aromatic nitrogens is 2. The molecule has 0 aliphatic heterocycles. The van der Waals surface area contributed by atoms with E-state index in [4.69, 9.17) is 14.5 Å². The number of rotatable bonds is 12. The number of fused-ring (bicyclic) bond motifs is 3. The quantitative estimate of drug-likeness (QED) is 0.129. The van der Waals surface area contributed by atoms with E-state index in [1.54, 1.807) is 6.07 Å². The number of ether oxygens (including phenoxy) is 2. The fourth-order valence-electron chi connectivity index (χ4n) is 4.68. The lowest BCUT2D eigenvalue weighted by Crippen LogP contribution is -2.29. The maximum Gasteiger partial charge on any atom is 0.305 e. The van der Waals surface area contributed by atoms with Crippen LogP contribution in [0.1, 0.15) is 68.4 Å². The molecule has 0 fully saturated rings. The zero-order valence-electron chi connectivity index (χ0n) is 22.1. The highest BCUT2D eigenvalue weighted by atomic mass is 16.5. The topological polar surface area (TPSA) is 87.5 Å². The standard InChI is InChI=1S/C31H34N2O5/c1-3-37-29(35)18-10-5-4-6-13-19-38-28-21-27-30(25-17-12-11-16-24(25)28)32-26(31(36)33(27)22(2)34)20-23-14-8-7-9-15-23/h7-9,11-12,14-17,21H,3-6,10,13,18-20H2,1-2H3. The molecule has 198 valence electrons. The van der Waals surface area contributed by atoms with E-state index in [9.17, 15) is 14.4 Å². The van der Waals surface area contributed by atoms with E-state index < -0.39 is 5.56 Å². The lowest BCUT2D eigenvalue weighted by atomic mass is 10.1. The van der Waals surface area contributed by atoms with Crippen molar-refractivity contribution in [3.63, 3.8) is 0 Å². The zero-order valence-corrected chi connectivity index (χ0v) is 22.1. The van der Waals surface area contributed by atoms with Gasteiger partial charge in [-0.15, -0.1) is 0 Å². The second-order valence-electron chi connectivity index (χ2n) is 9.34. The fourth-order valence-corrected chi connectivity index (χ4v) is 4.68. The molecular weight excluding hydrogens is 480 g/mol. The molecule has 0 atom stereocenters. The first-order valence-corrected chi connectivity index (χ1v) is 13.3. The summed E-state index contributed by atoms with van der Waals surface area (Å²) < 4.78 is 12.3. The van der Waals surface area contributed by atoms with Gasteiger partial charge in [-0.2, -0.15) is 0 Å². The number of esters is 1. The van der Waals surface area contributed by atoms with Crippen molar-refractivity contribution in [2.45, 2.75) is 58.8 Å². The zero-order chi connectivity index (χ0) is 26.9. The molecule has 4 aromatic rings. The summed E-state index contributed by atoms with van der Waals surface area (Å²) >= 11 is 0. The summed E-state index contributed by atoms with van der Waals surface area (Å²) in [5, 5.41) is 1.73. The van der Waals surface area contributed by atoms with Gasteiger partial charge >= 0.3 is 5.97 Å². The van der Waals surface area contributed by atoms with Gasteiger partial charge in [0, 0.05) is 36.6 Å². The Hall–Kier alpha value is -4.00. The molecule has 0 aliphatic carbocycles. The van der Waals surface area contributed by atoms with Crippen molar-refractivity contribution < 1.29 is 19.1 Å². The summed E-state index contributed by atoms with van der Waals surface area (Å²) in [5.41, 5.74) is 1.94. The van der Waals surface area contributed by atoms with Gasteiger partial charge < -0.3 is 9.47 Å². The Bertz CT molecular complexity index is 1480. The molecule has 4 rings (SSSR count). The van der Waals surface area contributed by atoms with Crippen LogP contribution in [0.3, 0.4) is 0 Å². The van der Waals surface area contributed by atoms with Gasteiger partial charge in [0.25, 0.3) is 5.56 Å². The molecule has 0 saturated heterocycles. The van der Waals surface area contributed by atoms with Gasteiger partial charge in [0.2, 0.25) is 5.91 Å². The van der Waals surface area contributed by atoms with Crippen molar-refractivity contribution in [2.75, 3.05) is 13.2 Å². The number of hydrogen-bond acceptors (Lipinski definition) is 6. The van der Waals surface area contributed by atoms with Crippen molar-refractivity contribution in [1.29, 1.82) is 0 Å². The number of carbonyl (C=O) groups excluding carboxylic acids is 2. The molecule has 1 heterocycles. The molecule has 7 heteroatoms. The van der Waals surface area contributed by atoms with E-state index in [2.05, 4.69) is 0 Å². The molecular formula is C31H34N2O5. The predicted molar refractivity (Wildman–Crippen MR) is 149 cm³/mol. The summed E-state index contributed by atoms with van der Waals surface area (Å²) in [7, 11) is 0. The molecule has 0 amide bonds. The number of hydrogen-bond donors (Lipinski definition) is 0. The minimum atomic E-state index is -0.405. The Balaban J connectivity index is 1.55. The third-order valence-corrected chi connectivity index (χ3v) is 6.51. The molecule has 0 radical (unpaired) electrons. The van der Waals surface area contributed by atoms with Crippen molar-refractivity contribution in [2.24, 2.45) is 0 Å². The maximum absolute atomic E-state index is 13.4. The first kappa shape index (κ1) is 27.0. The van der Waals surface area contributed by atoms with E-state index in [0.717, 1.165) is 48.4 Å². The minimum absolute atomic E-state index is 0.135. The molecule has 0 saturated carbocycles. The third-order valence-electron chi connectivity index (χ3n) is 6.51. The van der Waals surface area contributed by atoms with E-state index in [1.165, 1.54) is 11.5 Å². The third kappa shape index (κ3) is 6.46. The Kier molecular flexibility index (Phi) is 9.25. The van der Waals surface area contributed by atoms with Gasteiger partial charge in [-0.05, 0) is 25.3 Å². The summed E-state index contributed by atoms with van der Waals surface area (Å²) in [6.45, 7) is 4.14. The Morgan fingerprint density at radius 1 is 0.895 bits per heavy atom. The molecule has 1 aromatic heterocycles. The molecule has 0 unspecified atom stereocenters. The highest BCUT2D eigenvalue weighted by molar-refractivity contribution is 6.08. The molecule has 3 aromatic carbocycles. The van der Waals surface area contributed by atoms with Crippen LogP contribution in [-0.4, -0.2) is 34.6 Å². The average molecular weight is 515 g/mol. The van der Waals surface area contributed by atoms with Crippen LogP contribution < -0.4 is 10.3 Å². The van der Waals surface area contributed by atoms with Crippen LogP contribution in [-0.2, 0) is 16.0 Å². The van der Waals surface area contributed by atoms with Crippen molar-refractivity contribution in [1.82, 2.24) is 9.55 Å². The van der Waals surface area contributed by atoms with Crippen molar-refractivity contribution in [3.8, 4) is 5.75 Å². The first-order chi connectivity index (χ1) is 18.5. The summed E-state index contributed by atoms with van der Waals surface area (Å²) in [6, 6.07) is 19.2. The first-order valence-electron chi connectivity index (χ1n) is 13.3. The van der Waals surface area contributed by atoms with Crippen molar-refractivity contribution >= 4 is 33.7 Å². The van der Waals surface area contributed by atoms with Gasteiger partial charge in [-0.25, -0.2) is 9.55 Å². The highest BCUT2D eigenvalue weighted by Crippen LogP contribution is 2.32. The van der Waals surface area contributed by atoms with Crippen LogP contribution in [0.4, 0.5) is 0 Å². The molecule has 0 aliphatic rings. The van der Waals surface area contributed by atoms with Crippen LogP contribution >= 0.6 is 0 Å². The molecule has 38 heavy (non-hydrogen) atoms. The summed E-state index contributed by atoms with van der Waals surface area (Å²) in [5.74, 6) is 0.132. The van der Waals surface area contributed by atoms with Gasteiger partial charge in [0.1, 0.15) is 11.4 Å². The SMILES string of the molecule is CCOC(=O)CCCCCCCOc1cc2c(nc(Cc3ccccc3)c(=O)n2C(C)=O)c2ccccc12. The van der Waals surface area contributed by atoms with Crippen LogP contribution in [0.25, 0.3) is 21.8 Å². The number of unbranched alkanes of at least 4 members (excludes halogenated alkanes) is 4. The van der Waals surface area contributed by atoms with Gasteiger partial charge in [-0.3, -0.25) is 14.4 Å². The Morgan fingerprint density at radius 3 is 2.32 bits per heavy atom. The lowest BCUT2D eigenvalue weighted by Gasteiger charge is -2.15. The summed E-state index contributed by atoms with van der Waals surface area (Å²) in [6.07, 6.45) is 5.47. The van der Waals surface area contributed by atoms with Crippen LogP contribution in [0.2, 0.25) is 0 Å². The smallest absolute Gasteiger partial charge is 0.305 e. The summed E-state index contributed by atoms with van der Waals surface area (Å²) in [4.78, 5) is 42.2. The number of nitrogens with zero attached hydrogens (tertiary/aromatic N) is 2. The van der Waals surface area contributed by atoms with Crippen LogP contribution in [0, 0.1) is 0 Å². The predicted octanol–water partition coefficient (Wildman–Crippen LogP) is 6.08. The van der Waals surface area contributed by atoms with E-state index in [1.807, 2.05) is 61.5 Å². The van der Waals surface area contributed by atoms with E-state index >= 15 is 0 Å². The average Bonchev–Trinajstić information content (AvgIpc) is 2.91. The van der Waals surface area contributed by atoms with E-state index in [-0.39, 0.29) is 11.9 Å². The maximum atomic E-state index is 13.4. The number of carbonyl (C=O) groups is 2. The fraction of sp³-hybridized carbons (Fsp3) is 0.355. The van der Waals surface area contributed by atoms with Gasteiger partial charge in [-0.1, -0.05) is 73.9 Å². The van der Waals surface area contributed by atoms with Crippen molar-refractivity contribution in [3.05, 3.63) is 82.3 Å². The monoisotopic (exact) mass is 514 g/mol. The largest absolute Gasteiger partial charge is 0.493 e. The molecule has 0 spiro atoms. The van der Waals surface area contributed by atoms with Gasteiger partial charge in [0.15, 0.2) is 0 Å². The second kappa shape index (κ2) is 13.0. The Labute approximate surface area is 222 Å². The van der Waals surface area contributed by atoms with E-state index in [0.29, 0.717) is 48.5 Å². The highest BCUT2D eigenvalue weighted by Gasteiger charge is 2.18. The number of benzene rings is 3. The second-order valence-corrected chi connectivity index (χ2v) is 9.34. The lowest BCUT2D eigenvalue weighted by molar-refractivity contribution is -0.143. The van der Waals surface area contributed by atoms with Crippen LogP contribution in [0.15, 0.2) is 65.5 Å².